The summed E-state index contributed by atoms with van der Waals surface area (Å²) in [5, 5.41) is 1.97. The van der Waals surface area contributed by atoms with Gasteiger partial charge in [0.1, 0.15) is 5.82 Å². The Hall–Kier alpha value is -3.37. The molecule has 3 rings (SSSR count). The van der Waals surface area contributed by atoms with Crippen LogP contribution in [0.25, 0.3) is 6.08 Å². The van der Waals surface area contributed by atoms with E-state index in [1.54, 1.807) is 0 Å². The molecular weight excluding hydrogens is 484 g/mol. The molecule has 0 saturated carbocycles. The second kappa shape index (κ2) is 9.63. The smallest absolute Gasteiger partial charge is 0.323 e. The Morgan fingerprint density at radius 2 is 1.52 bits per heavy atom. The van der Waals surface area contributed by atoms with E-state index in [2.05, 4.69) is 10.0 Å². The Kier molecular flexibility index (Phi) is 7.09. The number of benzene rings is 3. The van der Waals surface area contributed by atoms with Gasteiger partial charge in [0.05, 0.1) is 15.5 Å². The van der Waals surface area contributed by atoms with Crippen LogP contribution in [-0.2, 0) is 21.0 Å². The van der Waals surface area contributed by atoms with Crippen molar-refractivity contribution in [3.8, 4) is 0 Å². The van der Waals surface area contributed by atoms with Crippen LogP contribution in [-0.4, -0.2) is 14.3 Å². The summed E-state index contributed by atoms with van der Waals surface area (Å²) >= 11 is 5.54. The summed E-state index contributed by atoms with van der Waals surface area (Å²) in [7, 11) is -4.20. The van der Waals surface area contributed by atoms with Gasteiger partial charge in [0, 0.05) is 17.5 Å². The van der Waals surface area contributed by atoms with E-state index < -0.39 is 38.5 Å². The molecule has 0 aromatic heterocycles. The summed E-state index contributed by atoms with van der Waals surface area (Å²) in [6.07, 6.45) is -2.05. The van der Waals surface area contributed by atoms with Crippen molar-refractivity contribution in [3.63, 3.8) is 0 Å². The number of nitrogens with one attached hydrogen (secondary N) is 2. The number of carbonyl (C=O) groups is 1. The van der Waals surface area contributed by atoms with Gasteiger partial charge in [-0.15, -0.1) is 0 Å². The van der Waals surface area contributed by atoms with Gasteiger partial charge in [-0.25, -0.2) is 12.8 Å². The number of hydrogen-bond donors (Lipinski definition) is 2. The predicted octanol–water partition coefficient (Wildman–Crippen LogP) is 5.95. The fourth-order valence-corrected chi connectivity index (χ4v) is 3.94. The van der Waals surface area contributed by atoms with Gasteiger partial charge >= 0.3 is 6.18 Å². The molecule has 0 heterocycles. The van der Waals surface area contributed by atoms with E-state index in [9.17, 15) is 30.8 Å². The van der Waals surface area contributed by atoms with Gasteiger partial charge < -0.3 is 5.32 Å². The minimum absolute atomic E-state index is 0.231. The van der Waals surface area contributed by atoms with Crippen molar-refractivity contribution in [2.75, 3.05) is 10.0 Å². The van der Waals surface area contributed by atoms with Crippen LogP contribution < -0.4 is 10.0 Å². The predicted molar refractivity (Wildman–Crippen MR) is 118 cm³/mol. The van der Waals surface area contributed by atoms with Crippen molar-refractivity contribution in [1.82, 2.24) is 0 Å². The first-order valence-corrected chi connectivity index (χ1v) is 11.0. The quantitative estimate of drug-likeness (QED) is 0.326. The summed E-state index contributed by atoms with van der Waals surface area (Å²) in [5.41, 5.74) is -0.588. The van der Waals surface area contributed by atoms with Gasteiger partial charge in [-0.3, -0.25) is 9.52 Å². The lowest BCUT2D eigenvalue weighted by Crippen LogP contribution is -2.14. The third kappa shape index (κ3) is 6.56. The molecule has 0 bridgehead atoms. The molecule has 3 aromatic rings. The van der Waals surface area contributed by atoms with Gasteiger partial charge in [-0.1, -0.05) is 23.7 Å². The van der Waals surface area contributed by atoms with Crippen molar-refractivity contribution in [2.45, 2.75) is 11.1 Å². The second-order valence-electron chi connectivity index (χ2n) is 6.70. The van der Waals surface area contributed by atoms with E-state index in [0.717, 1.165) is 12.1 Å². The van der Waals surface area contributed by atoms with E-state index in [4.69, 9.17) is 11.6 Å². The number of rotatable bonds is 6. The highest BCUT2D eigenvalue weighted by atomic mass is 35.5. The van der Waals surface area contributed by atoms with Gasteiger partial charge in [0.2, 0.25) is 5.91 Å². The first-order chi connectivity index (χ1) is 15.4. The molecule has 0 aliphatic heterocycles. The Labute approximate surface area is 191 Å². The Balaban J connectivity index is 1.68. The van der Waals surface area contributed by atoms with E-state index >= 15 is 0 Å². The summed E-state index contributed by atoms with van der Waals surface area (Å²) in [4.78, 5) is 11.8. The molecule has 0 saturated heterocycles. The second-order valence-corrected chi connectivity index (χ2v) is 8.79. The number of halogens is 5. The minimum Gasteiger partial charge on any atom is -0.323 e. The lowest BCUT2D eigenvalue weighted by atomic mass is 10.2. The number of sulfonamides is 1. The molecule has 0 radical (unpaired) electrons. The van der Waals surface area contributed by atoms with E-state index in [-0.39, 0.29) is 16.3 Å². The molecule has 0 spiro atoms. The van der Waals surface area contributed by atoms with Crippen LogP contribution in [0.4, 0.5) is 28.9 Å². The SMILES string of the molecule is O=C(/C=C/c1ccc(F)cc1)Nc1ccc(S(=O)(=O)Nc2ccc(Cl)c(C(F)(F)F)c2)cc1. The van der Waals surface area contributed by atoms with E-state index in [1.807, 2.05) is 0 Å². The topological polar surface area (TPSA) is 75.3 Å². The third-order valence-corrected chi connectivity index (χ3v) is 5.98. The van der Waals surface area contributed by atoms with Crippen molar-refractivity contribution in [1.29, 1.82) is 0 Å². The normalized spacial score (nSPS) is 12.0. The fraction of sp³-hybridized carbons (Fsp3) is 0.0455. The highest BCUT2D eigenvalue weighted by Crippen LogP contribution is 2.36. The first-order valence-electron chi connectivity index (χ1n) is 9.18. The highest BCUT2D eigenvalue weighted by molar-refractivity contribution is 7.92. The number of carbonyl (C=O) groups excluding carboxylic acids is 1. The Morgan fingerprint density at radius 3 is 2.12 bits per heavy atom. The zero-order valence-corrected chi connectivity index (χ0v) is 18.1. The summed E-state index contributed by atoms with van der Waals surface area (Å²) < 4.78 is 78.9. The van der Waals surface area contributed by atoms with Crippen LogP contribution in [0.2, 0.25) is 5.02 Å². The maximum Gasteiger partial charge on any atom is 0.417 e. The molecule has 5 nitrogen and oxygen atoms in total. The summed E-state index contributed by atoms with van der Waals surface area (Å²) in [6, 6.07) is 13.1. The number of hydrogen-bond acceptors (Lipinski definition) is 3. The molecule has 172 valence electrons. The average molecular weight is 499 g/mol. The van der Waals surface area contributed by atoms with Crippen LogP contribution in [0, 0.1) is 5.82 Å². The molecular formula is C22H15ClF4N2O3S. The van der Waals surface area contributed by atoms with Crippen molar-refractivity contribution in [3.05, 3.63) is 94.8 Å². The Morgan fingerprint density at radius 1 is 0.909 bits per heavy atom. The van der Waals surface area contributed by atoms with Crippen LogP contribution in [0.15, 0.2) is 77.7 Å². The van der Waals surface area contributed by atoms with Gasteiger partial charge in [0.25, 0.3) is 10.0 Å². The maximum absolute atomic E-state index is 13.0. The first kappa shape index (κ1) is 24.3. The van der Waals surface area contributed by atoms with Crippen molar-refractivity contribution >= 4 is 45.0 Å². The molecule has 0 unspecified atom stereocenters. The molecule has 0 atom stereocenters. The molecule has 0 aliphatic rings. The number of amides is 1. The summed E-state index contributed by atoms with van der Waals surface area (Å²) in [5.74, 6) is -0.910. The molecule has 3 aromatic carbocycles. The van der Waals surface area contributed by atoms with Crippen LogP contribution in [0.5, 0.6) is 0 Å². The lowest BCUT2D eigenvalue weighted by Gasteiger charge is -2.13. The fourth-order valence-electron chi connectivity index (χ4n) is 2.67. The average Bonchev–Trinajstić information content (AvgIpc) is 2.74. The van der Waals surface area contributed by atoms with Gasteiger partial charge in [0.15, 0.2) is 0 Å². The molecule has 2 N–H and O–H groups in total. The largest absolute Gasteiger partial charge is 0.417 e. The number of anilines is 2. The zero-order valence-electron chi connectivity index (χ0n) is 16.5. The standard InChI is InChI=1S/C22H15ClF4N2O3S/c23-20-11-8-17(13-19(20)22(25,26)27)29-33(31,32)18-9-6-16(7-10-18)28-21(30)12-3-14-1-4-15(24)5-2-14/h1-13,29H,(H,28,30)/b12-3+. The highest BCUT2D eigenvalue weighted by Gasteiger charge is 2.33. The van der Waals surface area contributed by atoms with Crippen LogP contribution in [0.3, 0.4) is 0 Å². The molecule has 11 heteroatoms. The molecule has 33 heavy (non-hydrogen) atoms. The monoisotopic (exact) mass is 498 g/mol. The van der Waals surface area contributed by atoms with E-state index in [0.29, 0.717) is 11.6 Å². The molecule has 0 fully saturated rings. The summed E-state index contributed by atoms with van der Waals surface area (Å²) in [6.45, 7) is 0. The van der Waals surface area contributed by atoms with Crippen molar-refractivity contribution < 1.29 is 30.8 Å². The lowest BCUT2D eigenvalue weighted by molar-refractivity contribution is -0.137. The Bertz CT molecular complexity index is 1290. The van der Waals surface area contributed by atoms with Crippen LogP contribution in [0.1, 0.15) is 11.1 Å². The van der Waals surface area contributed by atoms with Gasteiger partial charge in [-0.05, 0) is 66.2 Å². The molecule has 0 aliphatic carbocycles. The minimum atomic E-state index is -4.75. The third-order valence-electron chi connectivity index (χ3n) is 4.25. The zero-order chi connectivity index (χ0) is 24.2. The maximum atomic E-state index is 13.0. The van der Waals surface area contributed by atoms with Gasteiger partial charge in [-0.2, -0.15) is 13.2 Å². The molecule has 1 amide bonds. The van der Waals surface area contributed by atoms with Crippen LogP contribution >= 0.6 is 11.6 Å². The van der Waals surface area contributed by atoms with E-state index in [1.165, 1.54) is 60.7 Å². The van der Waals surface area contributed by atoms with Crippen molar-refractivity contribution in [2.24, 2.45) is 0 Å². The number of alkyl halides is 3.